The predicted molar refractivity (Wildman–Crippen MR) is 156 cm³/mol. The van der Waals surface area contributed by atoms with Crippen molar-refractivity contribution in [2.45, 2.75) is 104 Å². The number of rotatable bonds is 10. The number of esters is 1. The van der Waals surface area contributed by atoms with Crippen LogP contribution in [0.15, 0.2) is 36.4 Å². The largest absolute Gasteiger partial charge is 0.491 e. The first-order valence-electron chi connectivity index (χ1n) is 16.0. The van der Waals surface area contributed by atoms with Gasteiger partial charge in [-0.2, -0.15) is 8.78 Å². The first-order chi connectivity index (χ1) is 19.9. The minimum Gasteiger partial charge on any atom is -0.491 e. The van der Waals surface area contributed by atoms with E-state index in [0.29, 0.717) is 5.56 Å². The van der Waals surface area contributed by atoms with Crippen molar-refractivity contribution in [1.29, 1.82) is 0 Å². The molecule has 4 unspecified atom stereocenters. The zero-order valence-electron chi connectivity index (χ0n) is 24.7. The van der Waals surface area contributed by atoms with E-state index in [9.17, 15) is 13.6 Å². The Hall–Kier alpha value is -2.63. The molecule has 3 saturated carbocycles. The van der Waals surface area contributed by atoms with Crippen molar-refractivity contribution in [1.82, 2.24) is 0 Å². The van der Waals surface area contributed by atoms with Crippen molar-refractivity contribution in [3.05, 3.63) is 59.2 Å². The molecule has 0 N–H and O–H groups in total. The summed E-state index contributed by atoms with van der Waals surface area (Å²) in [6.07, 6.45) is 15.6. The second-order valence-corrected chi connectivity index (χ2v) is 12.6. The third kappa shape index (κ3) is 7.42. The summed E-state index contributed by atoms with van der Waals surface area (Å²) in [6, 6.07) is 9.62. The van der Waals surface area contributed by atoms with Gasteiger partial charge in [0.2, 0.25) is 11.6 Å². The highest BCUT2D eigenvalue weighted by molar-refractivity contribution is 5.89. The van der Waals surface area contributed by atoms with E-state index in [0.717, 1.165) is 60.8 Å². The lowest BCUT2D eigenvalue weighted by Crippen LogP contribution is -2.35. The van der Waals surface area contributed by atoms with Crippen LogP contribution in [0.5, 0.6) is 11.5 Å². The highest BCUT2D eigenvalue weighted by Crippen LogP contribution is 2.49. The van der Waals surface area contributed by atoms with Gasteiger partial charge in [0.25, 0.3) is 0 Å². The van der Waals surface area contributed by atoms with Crippen LogP contribution >= 0.6 is 0 Å². The standard InChI is InChI=1S/C35H46F2O4/c1-3-5-23-6-11-29-21-28(13-12-27(29)20-23)25-14-16-30(17-15-25)41-35(38)26-9-7-24(8-10-26)22-40-32-19-18-31(39-4-2)33(36)34(32)37/h7-10,18-19,23,25,27-30H,3-6,11-17,20-22H2,1-2H3. The molecule has 0 amide bonds. The Morgan fingerprint density at radius 2 is 1.32 bits per heavy atom. The molecule has 224 valence electrons. The first kappa shape index (κ1) is 29.8. The summed E-state index contributed by atoms with van der Waals surface area (Å²) in [5.41, 5.74) is 1.23. The number of hydrogen-bond acceptors (Lipinski definition) is 4. The van der Waals surface area contributed by atoms with Crippen LogP contribution in [-0.4, -0.2) is 18.7 Å². The summed E-state index contributed by atoms with van der Waals surface area (Å²) in [6.45, 7) is 4.32. The van der Waals surface area contributed by atoms with Gasteiger partial charge in [-0.05, 0) is 124 Å². The molecule has 41 heavy (non-hydrogen) atoms. The molecule has 2 aromatic carbocycles. The van der Waals surface area contributed by atoms with E-state index < -0.39 is 11.6 Å². The molecule has 0 spiro atoms. The summed E-state index contributed by atoms with van der Waals surface area (Å²) < 4.78 is 44.8. The summed E-state index contributed by atoms with van der Waals surface area (Å²) in [7, 11) is 0. The van der Waals surface area contributed by atoms with Crippen LogP contribution in [0.2, 0.25) is 0 Å². The molecule has 6 heteroatoms. The zero-order valence-corrected chi connectivity index (χ0v) is 24.7. The van der Waals surface area contributed by atoms with Gasteiger partial charge in [0.1, 0.15) is 12.7 Å². The van der Waals surface area contributed by atoms with Crippen molar-refractivity contribution in [2.24, 2.45) is 29.6 Å². The molecule has 0 bridgehead atoms. The second kappa shape index (κ2) is 14.0. The van der Waals surface area contributed by atoms with Gasteiger partial charge < -0.3 is 14.2 Å². The Kier molecular flexibility index (Phi) is 10.2. The number of hydrogen-bond donors (Lipinski definition) is 0. The molecule has 0 aromatic heterocycles. The van der Waals surface area contributed by atoms with Crippen LogP contribution in [-0.2, 0) is 11.3 Å². The number of fused-ring (bicyclic) bond motifs is 1. The maximum Gasteiger partial charge on any atom is 0.338 e. The van der Waals surface area contributed by atoms with Crippen molar-refractivity contribution >= 4 is 5.97 Å². The quantitative estimate of drug-likeness (QED) is 0.268. The monoisotopic (exact) mass is 568 g/mol. The Balaban J connectivity index is 1.05. The van der Waals surface area contributed by atoms with E-state index in [2.05, 4.69) is 6.92 Å². The summed E-state index contributed by atoms with van der Waals surface area (Å²) in [5.74, 6) is 1.79. The highest BCUT2D eigenvalue weighted by atomic mass is 19.2. The zero-order chi connectivity index (χ0) is 28.8. The van der Waals surface area contributed by atoms with E-state index in [4.69, 9.17) is 14.2 Å². The Morgan fingerprint density at radius 3 is 1.98 bits per heavy atom. The maximum absolute atomic E-state index is 14.3. The van der Waals surface area contributed by atoms with Crippen LogP contribution in [0.1, 0.15) is 107 Å². The van der Waals surface area contributed by atoms with Gasteiger partial charge in [-0.3, -0.25) is 0 Å². The van der Waals surface area contributed by atoms with Crippen LogP contribution in [0.3, 0.4) is 0 Å². The van der Waals surface area contributed by atoms with Crippen LogP contribution < -0.4 is 9.47 Å². The molecular weight excluding hydrogens is 522 g/mol. The van der Waals surface area contributed by atoms with Gasteiger partial charge in [0.15, 0.2) is 11.5 Å². The molecule has 0 aliphatic heterocycles. The highest BCUT2D eigenvalue weighted by Gasteiger charge is 2.39. The maximum atomic E-state index is 14.3. The number of carbonyl (C=O) groups excluding carboxylic acids is 1. The van der Waals surface area contributed by atoms with E-state index in [1.165, 1.54) is 63.5 Å². The van der Waals surface area contributed by atoms with E-state index in [1.54, 1.807) is 31.2 Å². The Bertz CT molecular complexity index is 1140. The predicted octanol–water partition coefficient (Wildman–Crippen LogP) is 9.29. The molecule has 4 atom stereocenters. The van der Waals surface area contributed by atoms with E-state index >= 15 is 0 Å². The van der Waals surface area contributed by atoms with Crippen LogP contribution in [0, 0.1) is 41.2 Å². The third-order valence-electron chi connectivity index (χ3n) is 10.0. The molecule has 0 radical (unpaired) electrons. The molecule has 3 fully saturated rings. The topological polar surface area (TPSA) is 44.8 Å². The first-order valence-corrected chi connectivity index (χ1v) is 16.0. The lowest BCUT2D eigenvalue weighted by atomic mass is 9.61. The van der Waals surface area contributed by atoms with Gasteiger partial charge in [-0.1, -0.05) is 38.3 Å². The fraction of sp³-hybridized carbons (Fsp3) is 0.629. The van der Waals surface area contributed by atoms with Crippen molar-refractivity contribution < 1.29 is 27.8 Å². The van der Waals surface area contributed by atoms with Crippen molar-refractivity contribution in [3.8, 4) is 11.5 Å². The van der Waals surface area contributed by atoms with Gasteiger partial charge >= 0.3 is 5.97 Å². The summed E-state index contributed by atoms with van der Waals surface area (Å²) >= 11 is 0. The summed E-state index contributed by atoms with van der Waals surface area (Å²) in [4.78, 5) is 12.8. The number of ether oxygens (including phenoxy) is 3. The molecule has 5 rings (SSSR count). The fourth-order valence-corrected chi connectivity index (χ4v) is 7.81. The average molecular weight is 569 g/mol. The fourth-order valence-electron chi connectivity index (χ4n) is 7.81. The number of benzene rings is 2. The van der Waals surface area contributed by atoms with E-state index in [-0.39, 0.29) is 36.8 Å². The van der Waals surface area contributed by atoms with Crippen molar-refractivity contribution in [2.75, 3.05) is 6.61 Å². The van der Waals surface area contributed by atoms with Crippen LogP contribution in [0.25, 0.3) is 0 Å². The molecule has 2 aromatic rings. The molecule has 4 nitrogen and oxygen atoms in total. The van der Waals surface area contributed by atoms with Gasteiger partial charge in [0.05, 0.1) is 12.2 Å². The normalized spacial score (nSPS) is 28.0. The van der Waals surface area contributed by atoms with Gasteiger partial charge in [-0.25, -0.2) is 4.79 Å². The molecule has 3 aliphatic rings. The SMILES string of the molecule is CCCC1CCC2CC(C3CCC(OC(=O)c4ccc(COc5ccc(OCC)c(F)c5F)cc4)CC3)CCC2C1. The Labute approximate surface area is 244 Å². The molecule has 3 aliphatic carbocycles. The van der Waals surface area contributed by atoms with Crippen molar-refractivity contribution in [3.63, 3.8) is 0 Å². The van der Waals surface area contributed by atoms with Gasteiger partial charge in [0, 0.05) is 0 Å². The lowest BCUT2D eigenvalue weighted by molar-refractivity contribution is 0.00549. The second-order valence-electron chi connectivity index (χ2n) is 12.6. The van der Waals surface area contributed by atoms with Gasteiger partial charge in [-0.15, -0.1) is 0 Å². The lowest BCUT2D eigenvalue weighted by Gasteiger charge is -2.45. The minimum atomic E-state index is -1.08. The molecular formula is C35H46F2O4. The number of carbonyl (C=O) groups is 1. The molecule has 0 heterocycles. The number of halogens is 2. The smallest absolute Gasteiger partial charge is 0.338 e. The average Bonchev–Trinajstić information content (AvgIpc) is 3.00. The Morgan fingerprint density at radius 1 is 0.732 bits per heavy atom. The third-order valence-corrected chi connectivity index (χ3v) is 10.0. The summed E-state index contributed by atoms with van der Waals surface area (Å²) in [5, 5.41) is 0. The van der Waals surface area contributed by atoms with E-state index in [1.807, 2.05) is 0 Å². The molecule has 0 saturated heterocycles. The minimum absolute atomic E-state index is 0.0138. The van der Waals surface area contributed by atoms with Crippen LogP contribution in [0.4, 0.5) is 8.78 Å².